The molecule has 0 saturated carbocycles. The third-order valence-corrected chi connectivity index (χ3v) is 2.57. The Kier molecular flexibility index (Phi) is 7.28. The van der Waals surface area contributed by atoms with Crippen molar-refractivity contribution in [3.8, 4) is 0 Å². The molecule has 0 N–H and O–H groups in total. The molecule has 0 saturated heterocycles. The molecule has 0 heterocycles. The van der Waals surface area contributed by atoms with E-state index in [0.717, 1.165) is 12.8 Å². The second kappa shape index (κ2) is 7.92. The van der Waals surface area contributed by atoms with Gasteiger partial charge in [0.05, 0.1) is 0 Å². The van der Waals surface area contributed by atoms with Crippen LogP contribution in [-0.4, -0.2) is 0 Å². The molecule has 0 heteroatoms. The van der Waals surface area contributed by atoms with Crippen LogP contribution in [0.5, 0.6) is 0 Å². The van der Waals surface area contributed by atoms with Gasteiger partial charge in [0, 0.05) is 0 Å². The van der Waals surface area contributed by atoms with Gasteiger partial charge in [0.1, 0.15) is 0 Å². The second-order valence-electron chi connectivity index (χ2n) is 3.71. The SMILES string of the molecule is C=C/C=C(\C=C)C1=C(C)C=C(C)CC1.CC. The largest absolute Gasteiger partial charge is 0.0990 e. The molecule has 0 aliphatic heterocycles. The molecule has 0 unspecified atom stereocenters. The third-order valence-electron chi connectivity index (χ3n) is 2.57. The summed E-state index contributed by atoms with van der Waals surface area (Å²) in [6.45, 7) is 15.9. The minimum absolute atomic E-state index is 1.12. The van der Waals surface area contributed by atoms with Crippen molar-refractivity contribution in [1.29, 1.82) is 0 Å². The van der Waals surface area contributed by atoms with Crippen LogP contribution in [0.25, 0.3) is 0 Å². The van der Waals surface area contributed by atoms with Crippen molar-refractivity contribution in [1.82, 2.24) is 0 Å². The van der Waals surface area contributed by atoms with E-state index < -0.39 is 0 Å². The summed E-state index contributed by atoms with van der Waals surface area (Å²) in [5.74, 6) is 0. The van der Waals surface area contributed by atoms with Crippen molar-refractivity contribution in [2.45, 2.75) is 40.5 Å². The Balaban J connectivity index is 0.00000106. The summed E-state index contributed by atoms with van der Waals surface area (Å²) in [4.78, 5) is 0. The lowest BCUT2D eigenvalue weighted by molar-refractivity contribution is 0.900. The lowest BCUT2D eigenvalue weighted by atomic mass is 9.89. The minimum Gasteiger partial charge on any atom is -0.0990 e. The standard InChI is InChI=1S/C14H18.C2H6/c1-5-7-13(6-2)14-9-8-11(3)10-12(14)4;1-2/h5-7,10H,1-2,8-9H2,3-4H3;1-2H3/b13-7+;. The van der Waals surface area contributed by atoms with E-state index in [1.165, 1.54) is 22.3 Å². The van der Waals surface area contributed by atoms with Crippen molar-refractivity contribution < 1.29 is 0 Å². The van der Waals surface area contributed by atoms with E-state index in [4.69, 9.17) is 0 Å². The number of allylic oxidation sites excluding steroid dienone is 8. The summed E-state index contributed by atoms with van der Waals surface area (Å²) in [5, 5.41) is 0. The summed E-state index contributed by atoms with van der Waals surface area (Å²) < 4.78 is 0. The number of hydrogen-bond donors (Lipinski definition) is 0. The second-order valence-corrected chi connectivity index (χ2v) is 3.71. The third kappa shape index (κ3) is 4.06. The van der Waals surface area contributed by atoms with E-state index in [1.807, 2.05) is 32.1 Å². The lowest BCUT2D eigenvalue weighted by Gasteiger charge is -2.17. The molecular formula is C16H24. The number of hydrogen-bond acceptors (Lipinski definition) is 0. The Labute approximate surface area is 101 Å². The van der Waals surface area contributed by atoms with Crippen LogP contribution < -0.4 is 0 Å². The highest BCUT2D eigenvalue weighted by atomic mass is 14.1. The van der Waals surface area contributed by atoms with Gasteiger partial charge in [0.15, 0.2) is 0 Å². The molecule has 16 heavy (non-hydrogen) atoms. The van der Waals surface area contributed by atoms with Crippen LogP contribution in [0.3, 0.4) is 0 Å². The van der Waals surface area contributed by atoms with Gasteiger partial charge in [-0.2, -0.15) is 0 Å². The summed E-state index contributed by atoms with van der Waals surface area (Å²) in [5.41, 5.74) is 5.45. The van der Waals surface area contributed by atoms with Crippen molar-refractivity contribution in [3.05, 3.63) is 59.8 Å². The summed E-state index contributed by atoms with van der Waals surface area (Å²) in [7, 11) is 0. The van der Waals surface area contributed by atoms with E-state index in [-0.39, 0.29) is 0 Å². The lowest BCUT2D eigenvalue weighted by Crippen LogP contribution is -1.97. The van der Waals surface area contributed by atoms with E-state index in [2.05, 4.69) is 33.1 Å². The fraction of sp³-hybridized carbons (Fsp3) is 0.375. The Hall–Kier alpha value is -1.30. The molecule has 1 aliphatic rings. The van der Waals surface area contributed by atoms with Crippen molar-refractivity contribution in [2.75, 3.05) is 0 Å². The van der Waals surface area contributed by atoms with Gasteiger partial charge in [-0.3, -0.25) is 0 Å². The van der Waals surface area contributed by atoms with Gasteiger partial charge in [-0.15, -0.1) is 0 Å². The van der Waals surface area contributed by atoms with Crippen LogP contribution in [0.2, 0.25) is 0 Å². The molecule has 0 aromatic heterocycles. The molecule has 0 nitrogen and oxygen atoms in total. The van der Waals surface area contributed by atoms with E-state index in [1.54, 1.807) is 0 Å². The molecule has 1 aliphatic carbocycles. The zero-order valence-electron chi connectivity index (χ0n) is 11.1. The average Bonchev–Trinajstić information content (AvgIpc) is 2.29. The maximum absolute atomic E-state index is 3.84. The zero-order valence-corrected chi connectivity index (χ0v) is 11.1. The van der Waals surface area contributed by atoms with Gasteiger partial charge in [-0.05, 0) is 43.4 Å². The maximum Gasteiger partial charge on any atom is -0.0228 e. The van der Waals surface area contributed by atoms with Crippen LogP contribution in [-0.2, 0) is 0 Å². The van der Waals surface area contributed by atoms with E-state index in [0.29, 0.717) is 0 Å². The quantitative estimate of drug-likeness (QED) is 0.556. The predicted molar refractivity (Wildman–Crippen MR) is 75.5 cm³/mol. The molecule has 0 atom stereocenters. The summed E-state index contributed by atoms with van der Waals surface area (Å²) in [6, 6.07) is 0. The maximum atomic E-state index is 3.84. The monoisotopic (exact) mass is 216 g/mol. The van der Waals surface area contributed by atoms with Crippen LogP contribution in [0.15, 0.2) is 59.8 Å². The van der Waals surface area contributed by atoms with Gasteiger partial charge < -0.3 is 0 Å². The average molecular weight is 216 g/mol. The number of rotatable bonds is 3. The van der Waals surface area contributed by atoms with Gasteiger partial charge in [-0.1, -0.05) is 56.9 Å². The first-order valence-corrected chi connectivity index (χ1v) is 6.01. The Morgan fingerprint density at radius 2 is 1.81 bits per heavy atom. The van der Waals surface area contributed by atoms with Crippen molar-refractivity contribution in [3.63, 3.8) is 0 Å². The first kappa shape index (κ1) is 14.7. The van der Waals surface area contributed by atoms with Crippen LogP contribution >= 0.6 is 0 Å². The Morgan fingerprint density at radius 3 is 2.25 bits per heavy atom. The van der Waals surface area contributed by atoms with Crippen LogP contribution in [0, 0.1) is 0 Å². The first-order valence-electron chi connectivity index (χ1n) is 6.01. The van der Waals surface area contributed by atoms with Crippen molar-refractivity contribution in [2.24, 2.45) is 0 Å². The predicted octanol–water partition coefficient (Wildman–Crippen LogP) is 5.37. The molecule has 0 aromatic carbocycles. The first-order chi connectivity index (χ1) is 7.69. The molecule has 0 bridgehead atoms. The molecule has 0 spiro atoms. The fourth-order valence-electron chi connectivity index (χ4n) is 1.84. The zero-order chi connectivity index (χ0) is 12.6. The van der Waals surface area contributed by atoms with Crippen LogP contribution in [0.4, 0.5) is 0 Å². The highest BCUT2D eigenvalue weighted by molar-refractivity contribution is 5.48. The Morgan fingerprint density at radius 1 is 1.19 bits per heavy atom. The van der Waals surface area contributed by atoms with Crippen molar-refractivity contribution >= 4 is 0 Å². The summed E-state index contributed by atoms with van der Waals surface area (Å²) in [6.07, 6.45) is 10.3. The van der Waals surface area contributed by atoms with Gasteiger partial charge in [-0.25, -0.2) is 0 Å². The van der Waals surface area contributed by atoms with Gasteiger partial charge in [0.2, 0.25) is 0 Å². The highest BCUT2D eigenvalue weighted by Crippen LogP contribution is 2.29. The molecule has 88 valence electrons. The molecule has 0 radical (unpaired) electrons. The summed E-state index contributed by atoms with van der Waals surface area (Å²) >= 11 is 0. The van der Waals surface area contributed by atoms with Gasteiger partial charge >= 0.3 is 0 Å². The minimum atomic E-state index is 1.12. The van der Waals surface area contributed by atoms with E-state index in [9.17, 15) is 0 Å². The van der Waals surface area contributed by atoms with Crippen LogP contribution in [0.1, 0.15) is 40.5 Å². The Bertz CT molecular complexity index is 335. The normalized spacial score (nSPS) is 16.0. The van der Waals surface area contributed by atoms with Gasteiger partial charge in [0.25, 0.3) is 0 Å². The molecule has 1 rings (SSSR count). The molecule has 0 amide bonds. The topological polar surface area (TPSA) is 0 Å². The highest BCUT2D eigenvalue weighted by Gasteiger charge is 2.09. The molecule has 0 aromatic rings. The molecular weight excluding hydrogens is 192 g/mol. The molecule has 0 fully saturated rings. The fourth-order valence-corrected chi connectivity index (χ4v) is 1.84. The smallest absolute Gasteiger partial charge is 0.0228 e. The van der Waals surface area contributed by atoms with E-state index >= 15 is 0 Å².